The second-order valence-electron chi connectivity index (χ2n) is 4.90. The van der Waals surface area contributed by atoms with E-state index in [4.69, 9.17) is 0 Å². The number of aliphatic carboxylic acids is 1. The van der Waals surface area contributed by atoms with Gasteiger partial charge < -0.3 is 19.4 Å². The van der Waals surface area contributed by atoms with E-state index < -0.39 is 34.9 Å². The topological polar surface area (TPSA) is 161 Å². The summed E-state index contributed by atoms with van der Waals surface area (Å²) in [5.41, 5.74) is 0.626. The Morgan fingerprint density at radius 2 is 2.08 bits per heavy atom. The summed E-state index contributed by atoms with van der Waals surface area (Å²) >= 11 is 0. The first-order chi connectivity index (χ1) is 10.7. The summed E-state index contributed by atoms with van der Waals surface area (Å²) in [6, 6.07) is -1.56. The number of rotatable bonds is 5. The molecule has 0 N–H and O–H groups in total. The van der Waals surface area contributed by atoms with Gasteiger partial charge in [-0.3, -0.25) is 0 Å². The molecule has 1 aromatic heterocycles. The average Bonchev–Trinajstić information content (AvgIpc) is 2.97. The van der Waals surface area contributed by atoms with Gasteiger partial charge >= 0.3 is 65.1 Å². The molecule has 2 aliphatic heterocycles. The fourth-order valence-electron chi connectivity index (χ4n) is 2.38. The molecular formula is C10H9N5Na2O7S. The van der Waals surface area contributed by atoms with E-state index in [9.17, 15) is 27.7 Å². The number of carbonyl (C=O) groups excluding carboxylic acids is 2. The second kappa shape index (κ2) is 8.45. The van der Waals surface area contributed by atoms with Gasteiger partial charge in [0.15, 0.2) is 0 Å². The molecule has 0 radical (unpaired) electrons. The average molecular weight is 389 g/mol. The quantitative estimate of drug-likeness (QED) is 0.270. The number of hydroxylamine groups is 2. The van der Waals surface area contributed by atoms with Crippen molar-refractivity contribution in [1.82, 2.24) is 25.0 Å². The first-order valence-corrected chi connectivity index (χ1v) is 7.62. The minimum absolute atomic E-state index is 0. The van der Waals surface area contributed by atoms with E-state index >= 15 is 0 Å². The van der Waals surface area contributed by atoms with Gasteiger partial charge in [0.2, 0.25) is 10.4 Å². The van der Waals surface area contributed by atoms with Crippen molar-refractivity contribution >= 4 is 28.1 Å². The summed E-state index contributed by atoms with van der Waals surface area (Å²) in [6.45, 7) is 0.223. The Hall–Kier alpha value is -0.510. The van der Waals surface area contributed by atoms with Crippen molar-refractivity contribution in [2.75, 3.05) is 13.1 Å². The minimum Gasteiger partial charge on any atom is -0.724 e. The van der Waals surface area contributed by atoms with Crippen LogP contribution in [-0.4, -0.2) is 69.1 Å². The van der Waals surface area contributed by atoms with Crippen LogP contribution in [0.5, 0.6) is 0 Å². The molecule has 1 atom stereocenters. The molecule has 15 heteroatoms. The largest absolute Gasteiger partial charge is 1.00 e. The molecule has 124 valence electrons. The zero-order valence-corrected chi connectivity index (χ0v) is 18.2. The van der Waals surface area contributed by atoms with Crippen molar-refractivity contribution in [2.24, 2.45) is 0 Å². The maximum Gasteiger partial charge on any atom is 1.00 e. The van der Waals surface area contributed by atoms with Gasteiger partial charge in [0.1, 0.15) is 6.04 Å². The van der Waals surface area contributed by atoms with E-state index in [0.29, 0.717) is 10.8 Å². The Balaban J connectivity index is 0.00000156. The summed E-state index contributed by atoms with van der Waals surface area (Å²) in [5.74, 6) is -1.31. The first-order valence-electron chi connectivity index (χ1n) is 6.28. The molecular weight excluding hydrogens is 380 g/mol. The number of hydrogen-bond acceptors (Lipinski definition) is 9. The van der Waals surface area contributed by atoms with E-state index in [0.717, 1.165) is 0 Å². The summed E-state index contributed by atoms with van der Waals surface area (Å²) < 4.78 is 37.5. The minimum atomic E-state index is -5.08. The van der Waals surface area contributed by atoms with Crippen LogP contribution in [-0.2, 0) is 25.9 Å². The Labute approximate surface area is 186 Å². The molecule has 3 rings (SSSR count). The van der Waals surface area contributed by atoms with E-state index in [1.807, 2.05) is 0 Å². The van der Waals surface area contributed by atoms with Crippen LogP contribution in [0.3, 0.4) is 0 Å². The zero-order valence-electron chi connectivity index (χ0n) is 13.4. The summed E-state index contributed by atoms with van der Waals surface area (Å²) in [7, 11) is -5.08. The van der Waals surface area contributed by atoms with E-state index in [1.54, 1.807) is 0 Å². The summed E-state index contributed by atoms with van der Waals surface area (Å²) in [4.78, 5) is 23.7. The number of carboxylic acids is 1. The number of hydrogen-bond donors (Lipinski definition) is 0. The molecule has 3 heterocycles. The maximum absolute atomic E-state index is 12.0. The van der Waals surface area contributed by atoms with Crippen LogP contribution >= 0.6 is 0 Å². The monoisotopic (exact) mass is 389 g/mol. The van der Waals surface area contributed by atoms with E-state index in [2.05, 4.69) is 14.6 Å². The number of aromatic nitrogens is 3. The van der Waals surface area contributed by atoms with Crippen LogP contribution < -0.4 is 64.2 Å². The third kappa shape index (κ3) is 5.24. The SMILES string of the molecule is O=C([O-])Cc1cn(C2=CC3CN(C2)C(=O)N3OS(=O)(=O)[O-])nn1.[Na+].[Na+]. The van der Waals surface area contributed by atoms with Crippen molar-refractivity contribution in [1.29, 1.82) is 0 Å². The van der Waals surface area contributed by atoms with Gasteiger partial charge in [0, 0.05) is 18.9 Å². The molecule has 2 bridgehead atoms. The first kappa shape index (κ1) is 22.5. The van der Waals surface area contributed by atoms with Crippen LogP contribution in [0.2, 0.25) is 0 Å². The molecule has 1 aromatic rings. The Morgan fingerprint density at radius 1 is 1.40 bits per heavy atom. The van der Waals surface area contributed by atoms with E-state index in [-0.39, 0.29) is 77.9 Å². The zero-order chi connectivity index (χ0) is 16.8. The van der Waals surface area contributed by atoms with Crippen molar-refractivity contribution in [2.45, 2.75) is 12.5 Å². The molecule has 12 nitrogen and oxygen atoms in total. The Kier molecular flexibility index (Phi) is 7.62. The van der Waals surface area contributed by atoms with Gasteiger partial charge in [-0.05, 0) is 6.08 Å². The van der Waals surface area contributed by atoms with E-state index in [1.165, 1.54) is 21.9 Å². The fourth-order valence-corrected chi connectivity index (χ4v) is 2.76. The predicted molar refractivity (Wildman–Crippen MR) is 66.4 cm³/mol. The normalized spacial score (nSPS) is 19.2. The number of nitrogens with zero attached hydrogens (tertiary/aromatic N) is 5. The molecule has 1 fully saturated rings. The Bertz CT molecular complexity index is 810. The third-order valence-corrected chi connectivity index (χ3v) is 3.58. The summed E-state index contributed by atoms with van der Waals surface area (Å²) in [6.07, 6.45) is 2.43. The van der Waals surface area contributed by atoms with Crippen molar-refractivity contribution in [3.8, 4) is 0 Å². The van der Waals surface area contributed by atoms with Gasteiger partial charge in [0.25, 0.3) is 0 Å². The van der Waals surface area contributed by atoms with Gasteiger partial charge in [0.05, 0.1) is 24.1 Å². The molecule has 1 unspecified atom stereocenters. The number of carbonyl (C=O) groups is 2. The molecule has 2 aliphatic rings. The van der Waals surface area contributed by atoms with Crippen LogP contribution in [0.15, 0.2) is 12.3 Å². The van der Waals surface area contributed by atoms with Gasteiger partial charge in [-0.15, -0.1) is 5.10 Å². The number of urea groups is 1. The van der Waals surface area contributed by atoms with Crippen LogP contribution in [0, 0.1) is 0 Å². The van der Waals surface area contributed by atoms with Crippen molar-refractivity contribution in [3.63, 3.8) is 0 Å². The van der Waals surface area contributed by atoms with Crippen molar-refractivity contribution < 1.29 is 91.1 Å². The molecule has 25 heavy (non-hydrogen) atoms. The van der Waals surface area contributed by atoms with Crippen LogP contribution in [0.1, 0.15) is 5.69 Å². The second-order valence-corrected chi connectivity index (χ2v) is 5.87. The van der Waals surface area contributed by atoms with Gasteiger partial charge in [-0.2, -0.15) is 9.35 Å². The predicted octanol–water partition coefficient (Wildman–Crippen LogP) is -9.07. The van der Waals surface area contributed by atoms with Crippen molar-refractivity contribution in [3.05, 3.63) is 18.0 Å². The van der Waals surface area contributed by atoms with Crippen LogP contribution in [0.4, 0.5) is 4.79 Å². The fraction of sp³-hybridized carbons (Fsp3) is 0.400. The van der Waals surface area contributed by atoms with Gasteiger partial charge in [-0.25, -0.2) is 17.9 Å². The van der Waals surface area contributed by atoms with Crippen LogP contribution in [0.25, 0.3) is 5.70 Å². The Morgan fingerprint density at radius 3 is 2.68 bits per heavy atom. The molecule has 1 saturated heterocycles. The molecule has 0 aliphatic carbocycles. The smallest absolute Gasteiger partial charge is 0.724 e. The summed E-state index contributed by atoms with van der Waals surface area (Å²) in [5, 5.41) is 18.4. The standard InChI is InChI=1S/C10H11N5O7S.2Na/c16-9(17)1-6-3-14(12-11-6)7-2-8-5-13(4-7)10(18)15(8)22-23(19,20)21;;/h2-3,8H,1,4-5H2,(H,16,17)(H,19,20,21);;/q;2*+1/p-2. The molecule has 0 spiro atoms. The molecule has 2 amide bonds. The molecule has 0 saturated carbocycles. The molecule has 0 aromatic carbocycles. The number of carboxylic acid groups (broad SMARTS) is 1. The third-order valence-electron chi connectivity index (χ3n) is 3.24. The maximum atomic E-state index is 12.0. The number of amides is 2. The van der Waals surface area contributed by atoms with Gasteiger partial charge in [-0.1, -0.05) is 5.21 Å². The number of fused-ring (bicyclic) bond motifs is 2.